The summed E-state index contributed by atoms with van der Waals surface area (Å²) >= 11 is 1.38. The highest BCUT2D eigenvalue weighted by Gasteiger charge is 2.38. The average Bonchev–Trinajstić information content (AvgIpc) is 2.71. The Morgan fingerprint density at radius 1 is 1.38 bits per heavy atom. The number of nitrogens with zero attached hydrogens (tertiary/aromatic N) is 1. The highest BCUT2D eigenvalue weighted by molar-refractivity contribution is 7.99. The second-order valence-corrected chi connectivity index (χ2v) is 7.90. The van der Waals surface area contributed by atoms with Crippen molar-refractivity contribution in [2.75, 3.05) is 18.2 Å². The monoisotopic (exact) mass is 411 g/mol. The van der Waals surface area contributed by atoms with E-state index in [1.165, 1.54) is 18.9 Å². The number of fused-ring (bicyclic) bond motifs is 1. The van der Waals surface area contributed by atoms with E-state index in [1.54, 1.807) is 24.3 Å². The molecule has 2 aliphatic rings. The molecule has 0 spiro atoms. The molecule has 3 N–H and O–H groups in total. The summed E-state index contributed by atoms with van der Waals surface area (Å²) in [5.74, 6) is 0.765. The number of anilines is 1. The van der Waals surface area contributed by atoms with Gasteiger partial charge < -0.3 is 20.1 Å². The van der Waals surface area contributed by atoms with Gasteiger partial charge in [0.25, 0.3) is 5.56 Å². The first kappa shape index (κ1) is 19.3. The highest BCUT2D eigenvalue weighted by atomic mass is 32.2. The number of phenols is 1. The third-order valence-corrected chi connectivity index (χ3v) is 5.98. The summed E-state index contributed by atoms with van der Waals surface area (Å²) in [6.45, 7) is 3.69. The Kier molecular flexibility index (Phi) is 5.19. The van der Waals surface area contributed by atoms with Crippen molar-refractivity contribution in [3.63, 3.8) is 0 Å². The van der Waals surface area contributed by atoms with E-state index in [2.05, 4.69) is 21.9 Å². The fraction of sp³-hybridized carbons (Fsp3) is 0.286. The molecular formula is C21H21N3O4S. The van der Waals surface area contributed by atoms with E-state index in [0.717, 1.165) is 12.1 Å². The predicted octanol–water partition coefficient (Wildman–Crippen LogP) is 3.33. The molecule has 0 saturated carbocycles. The quantitative estimate of drug-likeness (QED) is 0.394. The zero-order valence-electron chi connectivity index (χ0n) is 15.9. The van der Waals surface area contributed by atoms with Crippen molar-refractivity contribution < 1.29 is 14.6 Å². The van der Waals surface area contributed by atoms with Crippen LogP contribution in [-0.2, 0) is 4.79 Å². The maximum Gasteiger partial charge on any atom is 0.257 e. The third kappa shape index (κ3) is 3.44. The third-order valence-electron chi connectivity index (χ3n) is 5.11. The molecule has 8 heteroatoms. The first-order chi connectivity index (χ1) is 14.0. The molecule has 1 aromatic carbocycles. The number of phenolic OH excluding ortho intramolecular Hbond substituents is 1. The van der Waals surface area contributed by atoms with E-state index in [-0.39, 0.29) is 17.1 Å². The van der Waals surface area contributed by atoms with E-state index in [4.69, 9.17) is 4.74 Å². The SMILES string of the molecule is C=CCSc1nc2c(c(=O)[nH]1)C(c1ccc(OC)c(O)c1)C1=C(CCCC1=O)N2. The summed E-state index contributed by atoms with van der Waals surface area (Å²) in [5.41, 5.74) is 2.09. The van der Waals surface area contributed by atoms with Crippen LogP contribution in [0.2, 0.25) is 0 Å². The predicted molar refractivity (Wildman–Crippen MR) is 112 cm³/mol. The first-order valence-electron chi connectivity index (χ1n) is 9.31. The summed E-state index contributed by atoms with van der Waals surface area (Å²) in [6.07, 6.45) is 3.64. The lowest BCUT2D eigenvalue weighted by Crippen LogP contribution is -2.32. The van der Waals surface area contributed by atoms with Crippen LogP contribution in [-0.4, -0.2) is 33.7 Å². The molecule has 1 aliphatic carbocycles. The second-order valence-electron chi connectivity index (χ2n) is 6.89. The molecule has 1 aromatic heterocycles. The lowest BCUT2D eigenvalue weighted by molar-refractivity contribution is -0.116. The van der Waals surface area contributed by atoms with Gasteiger partial charge in [-0.2, -0.15) is 0 Å². The summed E-state index contributed by atoms with van der Waals surface area (Å²) in [6, 6.07) is 4.95. The molecule has 0 bridgehead atoms. The zero-order chi connectivity index (χ0) is 20.5. The molecule has 29 heavy (non-hydrogen) atoms. The van der Waals surface area contributed by atoms with Gasteiger partial charge >= 0.3 is 0 Å². The van der Waals surface area contributed by atoms with E-state index in [1.807, 2.05) is 0 Å². The lowest BCUT2D eigenvalue weighted by atomic mass is 9.76. The van der Waals surface area contributed by atoms with Gasteiger partial charge in [-0.1, -0.05) is 23.9 Å². The topological polar surface area (TPSA) is 104 Å². The second kappa shape index (κ2) is 7.79. The number of hydrogen-bond acceptors (Lipinski definition) is 7. The number of aromatic hydroxyl groups is 1. The summed E-state index contributed by atoms with van der Waals surface area (Å²) in [7, 11) is 1.47. The Hall–Kier alpha value is -3.00. The molecule has 2 heterocycles. The molecule has 0 fully saturated rings. The molecule has 2 aromatic rings. The molecule has 1 atom stereocenters. The molecule has 0 saturated heterocycles. The lowest BCUT2D eigenvalue weighted by Gasteiger charge is -2.32. The van der Waals surface area contributed by atoms with Crippen molar-refractivity contribution >= 4 is 23.4 Å². The van der Waals surface area contributed by atoms with Crippen molar-refractivity contribution in [1.82, 2.24) is 9.97 Å². The fourth-order valence-electron chi connectivity index (χ4n) is 3.87. The van der Waals surface area contributed by atoms with Gasteiger partial charge in [0.1, 0.15) is 5.82 Å². The molecule has 1 aliphatic heterocycles. The van der Waals surface area contributed by atoms with E-state index in [0.29, 0.717) is 52.0 Å². The maximum atomic E-state index is 13.0. The minimum absolute atomic E-state index is 0.00853. The van der Waals surface area contributed by atoms with Crippen LogP contribution in [0.15, 0.2) is 52.1 Å². The number of nitrogens with one attached hydrogen (secondary N) is 2. The van der Waals surface area contributed by atoms with Crippen LogP contribution in [0.25, 0.3) is 0 Å². The summed E-state index contributed by atoms with van der Waals surface area (Å²) < 4.78 is 5.13. The molecule has 0 amide bonds. The van der Waals surface area contributed by atoms with Gasteiger partial charge in [-0.25, -0.2) is 4.98 Å². The molecule has 4 rings (SSSR count). The van der Waals surface area contributed by atoms with Crippen LogP contribution in [0.4, 0.5) is 5.82 Å². The van der Waals surface area contributed by atoms with Crippen molar-refractivity contribution in [3.05, 3.63) is 63.6 Å². The Morgan fingerprint density at radius 3 is 2.93 bits per heavy atom. The van der Waals surface area contributed by atoms with Gasteiger partial charge in [0.15, 0.2) is 22.4 Å². The van der Waals surface area contributed by atoms with Crippen LogP contribution in [0.3, 0.4) is 0 Å². The van der Waals surface area contributed by atoms with E-state index < -0.39 is 5.92 Å². The Bertz CT molecular complexity index is 1090. The number of hydrogen-bond donors (Lipinski definition) is 3. The number of benzene rings is 1. The molecule has 1 unspecified atom stereocenters. The van der Waals surface area contributed by atoms with Crippen LogP contribution >= 0.6 is 11.8 Å². The highest BCUT2D eigenvalue weighted by Crippen LogP contribution is 2.44. The maximum absolute atomic E-state index is 13.0. The van der Waals surface area contributed by atoms with Crippen molar-refractivity contribution in [3.8, 4) is 11.5 Å². The van der Waals surface area contributed by atoms with Gasteiger partial charge in [-0.15, -0.1) is 6.58 Å². The number of carbonyl (C=O) groups excluding carboxylic acids is 1. The smallest absolute Gasteiger partial charge is 0.257 e. The minimum atomic E-state index is -0.597. The molecule has 150 valence electrons. The van der Waals surface area contributed by atoms with Crippen LogP contribution in [0.1, 0.15) is 36.3 Å². The number of Topliss-reactive ketones (excluding diaryl/α,β-unsaturated/α-hetero) is 1. The van der Waals surface area contributed by atoms with Crippen LogP contribution in [0.5, 0.6) is 11.5 Å². The van der Waals surface area contributed by atoms with Crippen LogP contribution in [0, 0.1) is 0 Å². The standard InChI is InChI=1S/C21H21N3O4S/c1-3-9-29-21-23-19-18(20(27)24-21)16(11-7-8-15(28-2)14(26)10-11)17-12(22-19)5-4-6-13(17)25/h3,7-8,10,16,26H,1,4-6,9H2,2H3,(H2,22,23,24,27). The fourth-order valence-corrected chi connectivity index (χ4v) is 4.46. The van der Waals surface area contributed by atoms with Gasteiger partial charge in [0.05, 0.1) is 12.7 Å². The number of allylic oxidation sites excluding steroid dienone is 2. The summed E-state index contributed by atoms with van der Waals surface area (Å²) in [4.78, 5) is 33.2. The number of ketones is 1. The zero-order valence-corrected chi connectivity index (χ0v) is 16.8. The van der Waals surface area contributed by atoms with Gasteiger partial charge in [0, 0.05) is 29.4 Å². The van der Waals surface area contributed by atoms with E-state index in [9.17, 15) is 14.7 Å². The number of H-pyrrole nitrogens is 1. The van der Waals surface area contributed by atoms with Crippen molar-refractivity contribution in [2.24, 2.45) is 0 Å². The van der Waals surface area contributed by atoms with Crippen molar-refractivity contribution in [2.45, 2.75) is 30.3 Å². The van der Waals surface area contributed by atoms with Gasteiger partial charge in [-0.3, -0.25) is 9.59 Å². The van der Waals surface area contributed by atoms with Crippen LogP contribution < -0.4 is 15.6 Å². The Labute approximate surface area is 171 Å². The van der Waals surface area contributed by atoms with Crippen molar-refractivity contribution in [1.29, 1.82) is 0 Å². The van der Waals surface area contributed by atoms with Gasteiger partial charge in [0.2, 0.25) is 0 Å². The molecular weight excluding hydrogens is 390 g/mol. The number of ether oxygens (including phenoxy) is 1. The summed E-state index contributed by atoms with van der Waals surface area (Å²) in [5, 5.41) is 14.0. The number of carbonyl (C=O) groups is 1. The number of thioether (sulfide) groups is 1. The number of aromatic amines is 1. The normalized spacial score (nSPS) is 18.0. The number of rotatable bonds is 5. The van der Waals surface area contributed by atoms with Gasteiger partial charge in [-0.05, 0) is 30.5 Å². The Morgan fingerprint density at radius 2 is 2.21 bits per heavy atom. The van der Waals surface area contributed by atoms with E-state index >= 15 is 0 Å². The average molecular weight is 411 g/mol. The number of aromatic nitrogens is 2. The largest absolute Gasteiger partial charge is 0.504 e. The molecule has 0 radical (unpaired) electrons. The Balaban J connectivity index is 1.91. The molecule has 7 nitrogen and oxygen atoms in total. The minimum Gasteiger partial charge on any atom is -0.504 e. The first-order valence-corrected chi connectivity index (χ1v) is 10.3. The number of methoxy groups -OCH3 is 1.